The Labute approximate surface area is 147 Å². The number of nitrogens with one attached hydrogen (secondary N) is 1. The van der Waals surface area contributed by atoms with Gasteiger partial charge in [-0.3, -0.25) is 0 Å². The molecule has 0 spiro atoms. The van der Waals surface area contributed by atoms with Gasteiger partial charge in [-0.1, -0.05) is 30.3 Å². The number of hydrogen-bond acceptors (Lipinski definition) is 2. The molecule has 0 saturated carbocycles. The molecule has 4 nitrogen and oxygen atoms in total. The number of carbonyl (C=O) groups is 1. The second kappa shape index (κ2) is 7.66. The fourth-order valence-corrected chi connectivity index (χ4v) is 3.41. The molecule has 2 amide bonds. The molecule has 1 atom stereocenters. The Morgan fingerprint density at radius 1 is 1.32 bits per heavy atom. The summed E-state index contributed by atoms with van der Waals surface area (Å²) in [6.45, 7) is 2.31. The van der Waals surface area contributed by atoms with Crippen molar-refractivity contribution in [1.29, 1.82) is 0 Å². The lowest BCUT2D eigenvalue weighted by atomic mass is 10.1. The van der Waals surface area contributed by atoms with Crippen molar-refractivity contribution in [3.63, 3.8) is 0 Å². The number of carbonyl (C=O) groups excluding carboxylic acids is 1. The highest BCUT2D eigenvalue weighted by Gasteiger charge is 2.30. The Kier molecular flexibility index (Phi) is 5.34. The highest BCUT2D eigenvalue weighted by Crippen LogP contribution is 2.36. The number of anilines is 1. The van der Waals surface area contributed by atoms with Gasteiger partial charge >= 0.3 is 6.03 Å². The molecule has 1 aliphatic rings. The monoisotopic (exact) mass is 342 g/mol. The summed E-state index contributed by atoms with van der Waals surface area (Å²) in [6, 6.07) is 12.2. The number of benzene rings is 2. The van der Waals surface area contributed by atoms with E-state index in [-0.39, 0.29) is 24.5 Å². The normalized spacial score (nSPS) is 15.7. The summed E-state index contributed by atoms with van der Waals surface area (Å²) < 4.78 is 13.5. The van der Waals surface area contributed by atoms with Gasteiger partial charge in [0.05, 0.1) is 6.04 Å². The van der Waals surface area contributed by atoms with E-state index in [2.05, 4.69) is 17.4 Å². The highest BCUT2D eigenvalue weighted by molar-refractivity contribution is 5.90. The number of nitrogens with zero attached hydrogens (tertiary/aromatic N) is 1. The first kappa shape index (κ1) is 17.4. The number of urea groups is 1. The molecule has 0 fully saturated rings. The van der Waals surface area contributed by atoms with E-state index >= 15 is 0 Å². The van der Waals surface area contributed by atoms with Crippen molar-refractivity contribution in [3.05, 3.63) is 65.0 Å². The lowest BCUT2D eigenvalue weighted by Crippen LogP contribution is -2.38. The van der Waals surface area contributed by atoms with Crippen LogP contribution >= 0.6 is 0 Å². The Hall–Kier alpha value is -2.40. The summed E-state index contributed by atoms with van der Waals surface area (Å²) in [4.78, 5) is 14.6. The summed E-state index contributed by atoms with van der Waals surface area (Å²) >= 11 is 0. The second-order valence-electron chi connectivity index (χ2n) is 6.41. The molecule has 0 bridgehead atoms. The van der Waals surface area contributed by atoms with E-state index in [1.54, 1.807) is 11.0 Å². The van der Waals surface area contributed by atoms with E-state index in [9.17, 15) is 14.3 Å². The van der Waals surface area contributed by atoms with E-state index in [4.69, 9.17) is 0 Å². The van der Waals surface area contributed by atoms with Crippen LogP contribution in [-0.4, -0.2) is 29.2 Å². The molecule has 1 aliphatic carbocycles. The van der Waals surface area contributed by atoms with Gasteiger partial charge < -0.3 is 15.3 Å². The second-order valence-corrected chi connectivity index (χ2v) is 6.41. The van der Waals surface area contributed by atoms with E-state index < -0.39 is 0 Å². The number of aryl methyl sites for hydroxylation is 2. The number of amides is 2. The van der Waals surface area contributed by atoms with Crippen molar-refractivity contribution < 1.29 is 14.3 Å². The molecule has 2 aromatic carbocycles. The topological polar surface area (TPSA) is 52.6 Å². The van der Waals surface area contributed by atoms with Gasteiger partial charge in [0.25, 0.3) is 0 Å². The molecule has 3 rings (SSSR count). The summed E-state index contributed by atoms with van der Waals surface area (Å²) in [5, 5.41) is 12.0. The number of halogens is 1. The van der Waals surface area contributed by atoms with Gasteiger partial charge in [-0.05, 0) is 55.0 Å². The van der Waals surface area contributed by atoms with E-state index in [0.29, 0.717) is 18.7 Å². The van der Waals surface area contributed by atoms with Crippen LogP contribution in [0.2, 0.25) is 0 Å². The molecule has 25 heavy (non-hydrogen) atoms. The van der Waals surface area contributed by atoms with Crippen molar-refractivity contribution in [3.8, 4) is 0 Å². The van der Waals surface area contributed by atoms with Crippen LogP contribution < -0.4 is 5.32 Å². The summed E-state index contributed by atoms with van der Waals surface area (Å²) in [7, 11) is 0. The molecule has 0 aromatic heterocycles. The van der Waals surface area contributed by atoms with Crippen molar-refractivity contribution in [2.45, 2.75) is 32.2 Å². The van der Waals surface area contributed by atoms with Crippen molar-refractivity contribution >= 4 is 11.7 Å². The third-order valence-corrected chi connectivity index (χ3v) is 4.74. The summed E-state index contributed by atoms with van der Waals surface area (Å²) in [5.41, 5.74) is 3.71. The maximum atomic E-state index is 13.5. The standard InChI is InChI=1S/C20H23FN2O2/c1-14-7-9-16(21)13-18(14)22-20(25)23(11-4-12-24)19-10-8-15-5-2-3-6-17(15)19/h2-3,5-7,9,13,19,24H,4,8,10-12H2,1H3,(H,22,25). The molecule has 0 saturated heterocycles. The Morgan fingerprint density at radius 2 is 2.12 bits per heavy atom. The molecule has 0 radical (unpaired) electrons. The summed E-state index contributed by atoms with van der Waals surface area (Å²) in [5.74, 6) is -0.381. The maximum absolute atomic E-state index is 13.5. The van der Waals surface area contributed by atoms with Gasteiger partial charge in [0.15, 0.2) is 0 Å². The molecule has 132 valence electrons. The van der Waals surface area contributed by atoms with Crippen LogP contribution in [-0.2, 0) is 6.42 Å². The minimum atomic E-state index is -0.381. The van der Waals surface area contributed by atoms with Crippen LogP contribution in [0.4, 0.5) is 14.9 Å². The minimum Gasteiger partial charge on any atom is -0.396 e. The first-order valence-electron chi connectivity index (χ1n) is 8.62. The van der Waals surface area contributed by atoms with E-state index in [1.165, 1.54) is 17.7 Å². The first-order chi connectivity index (χ1) is 12.1. The van der Waals surface area contributed by atoms with Crippen molar-refractivity contribution in [1.82, 2.24) is 4.90 Å². The molecule has 2 aromatic rings. The highest BCUT2D eigenvalue weighted by atomic mass is 19.1. The van der Waals surface area contributed by atoms with Crippen LogP contribution in [0.5, 0.6) is 0 Å². The first-order valence-corrected chi connectivity index (χ1v) is 8.62. The largest absolute Gasteiger partial charge is 0.396 e. The lowest BCUT2D eigenvalue weighted by Gasteiger charge is -2.30. The predicted molar refractivity (Wildman–Crippen MR) is 96.1 cm³/mol. The zero-order chi connectivity index (χ0) is 17.8. The number of fused-ring (bicyclic) bond motifs is 1. The van der Waals surface area contributed by atoms with Gasteiger partial charge in [0.1, 0.15) is 5.82 Å². The van der Waals surface area contributed by atoms with Gasteiger partial charge in [-0.15, -0.1) is 0 Å². The lowest BCUT2D eigenvalue weighted by molar-refractivity contribution is 0.177. The zero-order valence-electron chi connectivity index (χ0n) is 14.3. The molecular formula is C20H23FN2O2. The average molecular weight is 342 g/mol. The fraction of sp³-hybridized carbons (Fsp3) is 0.350. The SMILES string of the molecule is Cc1ccc(F)cc1NC(=O)N(CCCO)C1CCc2ccccc21. The van der Waals surface area contributed by atoms with Gasteiger partial charge in [-0.25, -0.2) is 9.18 Å². The van der Waals surface area contributed by atoms with Gasteiger partial charge in [-0.2, -0.15) is 0 Å². The van der Waals surface area contributed by atoms with Crippen molar-refractivity contribution in [2.24, 2.45) is 0 Å². The number of aliphatic hydroxyl groups excluding tert-OH is 1. The van der Waals surface area contributed by atoms with Crippen LogP contribution in [0.3, 0.4) is 0 Å². The van der Waals surface area contributed by atoms with Gasteiger partial charge in [0, 0.05) is 18.8 Å². The van der Waals surface area contributed by atoms with Crippen molar-refractivity contribution in [2.75, 3.05) is 18.5 Å². The molecular weight excluding hydrogens is 319 g/mol. The number of hydrogen-bond donors (Lipinski definition) is 2. The van der Waals surface area contributed by atoms with Crippen LogP contribution in [0, 0.1) is 12.7 Å². The Bertz CT molecular complexity index is 763. The average Bonchev–Trinajstić information content (AvgIpc) is 3.03. The molecule has 2 N–H and O–H groups in total. The van der Waals surface area contributed by atoms with E-state index in [0.717, 1.165) is 24.0 Å². The Morgan fingerprint density at radius 3 is 2.92 bits per heavy atom. The number of rotatable bonds is 5. The predicted octanol–water partition coefficient (Wildman–Crippen LogP) is 4.04. The van der Waals surface area contributed by atoms with Crippen LogP contribution in [0.15, 0.2) is 42.5 Å². The van der Waals surface area contributed by atoms with Crippen LogP contribution in [0.1, 0.15) is 35.6 Å². The van der Waals surface area contributed by atoms with Gasteiger partial charge in [0.2, 0.25) is 0 Å². The van der Waals surface area contributed by atoms with Crippen LogP contribution in [0.25, 0.3) is 0 Å². The maximum Gasteiger partial charge on any atom is 0.322 e. The molecule has 5 heteroatoms. The van der Waals surface area contributed by atoms with E-state index in [1.807, 2.05) is 19.1 Å². The Balaban J connectivity index is 1.83. The third kappa shape index (κ3) is 3.82. The molecule has 0 heterocycles. The smallest absolute Gasteiger partial charge is 0.322 e. The minimum absolute atomic E-state index is 0.0170. The molecule has 0 aliphatic heterocycles. The fourth-order valence-electron chi connectivity index (χ4n) is 3.41. The number of aliphatic hydroxyl groups is 1. The zero-order valence-corrected chi connectivity index (χ0v) is 14.3. The third-order valence-electron chi connectivity index (χ3n) is 4.74. The molecule has 1 unspecified atom stereocenters. The summed E-state index contributed by atoms with van der Waals surface area (Å²) in [6.07, 6.45) is 2.30. The quantitative estimate of drug-likeness (QED) is 0.862.